The Balaban J connectivity index is 2.08. The zero-order valence-corrected chi connectivity index (χ0v) is 11.9. The van der Waals surface area contributed by atoms with Crippen molar-refractivity contribution in [3.05, 3.63) is 29.6 Å². The van der Waals surface area contributed by atoms with E-state index >= 15 is 0 Å². The number of ether oxygens (including phenoxy) is 1. The van der Waals surface area contributed by atoms with E-state index in [-0.39, 0.29) is 23.7 Å². The standard InChI is InChI=1S/C15H21FN2O2/c1-9(14-12(16)4-3-5-13(14)20-2)18-15(19)10-6-7-11(17)8-10/h3-5,9-11H,6-8,17H2,1-2H3,(H,18,19). The second kappa shape index (κ2) is 6.22. The van der Waals surface area contributed by atoms with Gasteiger partial charge in [0, 0.05) is 12.0 Å². The van der Waals surface area contributed by atoms with Gasteiger partial charge >= 0.3 is 0 Å². The Morgan fingerprint density at radius 1 is 1.50 bits per heavy atom. The Bertz CT molecular complexity index is 493. The Hall–Kier alpha value is -1.62. The molecule has 0 bridgehead atoms. The van der Waals surface area contributed by atoms with E-state index in [0.29, 0.717) is 17.7 Å². The second-order valence-electron chi connectivity index (χ2n) is 5.36. The van der Waals surface area contributed by atoms with Gasteiger partial charge in [-0.1, -0.05) is 6.07 Å². The average Bonchev–Trinajstić information content (AvgIpc) is 2.84. The van der Waals surface area contributed by atoms with Gasteiger partial charge < -0.3 is 15.8 Å². The molecule has 0 aromatic heterocycles. The molecular weight excluding hydrogens is 259 g/mol. The fourth-order valence-electron chi connectivity index (χ4n) is 2.77. The number of carbonyl (C=O) groups is 1. The quantitative estimate of drug-likeness (QED) is 0.888. The predicted octanol–water partition coefficient (Wildman–Crippen LogP) is 2.14. The van der Waals surface area contributed by atoms with E-state index in [1.54, 1.807) is 19.1 Å². The molecule has 1 aromatic carbocycles. The highest BCUT2D eigenvalue weighted by Crippen LogP contribution is 2.29. The number of nitrogens with one attached hydrogen (secondary N) is 1. The van der Waals surface area contributed by atoms with Gasteiger partial charge in [0.25, 0.3) is 0 Å². The van der Waals surface area contributed by atoms with E-state index in [9.17, 15) is 9.18 Å². The summed E-state index contributed by atoms with van der Waals surface area (Å²) in [7, 11) is 1.49. The fraction of sp³-hybridized carbons (Fsp3) is 0.533. The van der Waals surface area contributed by atoms with Gasteiger partial charge in [-0.2, -0.15) is 0 Å². The van der Waals surface area contributed by atoms with Crippen LogP contribution >= 0.6 is 0 Å². The summed E-state index contributed by atoms with van der Waals surface area (Å²) in [5, 5.41) is 2.86. The first-order chi connectivity index (χ1) is 9.52. The summed E-state index contributed by atoms with van der Waals surface area (Å²) in [5.74, 6) is -0.0535. The lowest BCUT2D eigenvalue weighted by Gasteiger charge is -2.20. The van der Waals surface area contributed by atoms with Gasteiger partial charge in [-0.05, 0) is 38.3 Å². The molecule has 20 heavy (non-hydrogen) atoms. The maximum absolute atomic E-state index is 13.9. The number of amides is 1. The molecule has 4 nitrogen and oxygen atoms in total. The van der Waals surface area contributed by atoms with Crippen LogP contribution < -0.4 is 15.8 Å². The summed E-state index contributed by atoms with van der Waals surface area (Å²) < 4.78 is 19.1. The topological polar surface area (TPSA) is 64.3 Å². The molecule has 1 aliphatic rings. The van der Waals surface area contributed by atoms with Crippen molar-refractivity contribution in [1.29, 1.82) is 0 Å². The SMILES string of the molecule is COc1cccc(F)c1C(C)NC(=O)C1CCC(N)C1. The molecule has 0 spiro atoms. The van der Waals surface area contributed by atoms with Crippen LogP contribution in [0.3, 0.4) is 0 Å². The number of benzene rings is 1. The van der Waals surface area contributed by atoms with Crippen LogP contribution in [-0.4, -0.2) is 19.1 Å². The molecule has 5 heteroatoms. The van der Waals surface area contributed by atoms with Crippen molar-refractivity contribution >= 4 is 5.91 Å². The lowest BCUT2D eigenvalue weighted by atomic mass is 10.0. The molecule has 0 saturated heterocycles. The van der Waals surface area contributed by atoms with Crippen molar-refractivity contribution in [3.8, 4) is 5.75 Å². The zero-order chi connectivity index (χ0) is 14.7. The van der Waals surface area contributed by atoms with E-state index < -0.39 is 6.04 Å². The molecule has 3 atom stereocenters. The van der Waals surface area contributed by atoms with Gasteiger partial charge in [-0.3, -0.25) is 4.79 Å². The maximum Gasteiger partial charge on any atom is 0.223 e. The number of carbonyl (C=O) groups excluding carboxylic acids is 1. The van der Waals surface area contributed by atoms with Gasteiger partial charge in [0.05, 0.1) is 18.7 Å². The van der Waals surface area contributed by atoms with Crippen LogP contribution in [0.1, 0.15) is 37.8 Å². The third-order valence-electron chi connectivity index (χ3n) is 3.87. The first-order valence-electron chi connectivity index (χ1n) is 6.91. The molecule has 1 aliphatic carbocycles. The summed E-state index contributed by atoms with van der Waals surface area (Å²) in [5.41, 5.74) is 6.19. The molecule has 1 aromatic rings. The smallest absolute Gasteiger partial charge is 0.223 e. The van der Waals surface area contributed by atoms with Crippen molar-refractivity contribution in [1.82, 2.24) is 5.32 Å². The monoisotopic (exact) mass is 280 g/mol. The summed E-state index contributed by atoms with van der Waals surface area (Å²) in [4.78, 5) is 12.2. The predicted molar refractivity (Wildman–Crippen MR) is 74.8 cm³/mol. The Kier molecular flexibility index (Phi) is 4.60. The zero-order valence-electron chi connectivity index (χ0n) is 11.9. The molecule has 0 heterocycles. The highest BCUT2D eigenvalue weighted by Gasteiger charge is 2.29. The molecule has 1 amide bonds. The first kappa shape index (κ1) is 14.8. The fourth-order valence-corrected chi connectivity index (χ4v) is 2.77. The lowest BCUT2D eigenvalue weighted by molar-refractivity contribution is -0.125. The van der Waals surface area contributed by atoms with Gasteiger partial charge in [0.15, 0.2) is 0 Å². The molecule has 0 radical (unpaired) electrons. The second-order valence-corrected chi connectivity index (χ2v) is 5.36. The highest BCUT2D eigenvalue weighted by molar-refractivity contribution is 5.79. The van der Waals surface area contributed by atoms with Gasteiger partial charge in [-0.25, -0.2) is 4.39 Å². The Morgan fingerprint density at radius 2 is 2.25 bits per heavy atom. The lowest BCUT2D eigenvalue weighted by Crippen LogP contribution is -2.33. The first-order valence-corrected chi connectivity index (χ1v) is 6.91. The number of hydrogen-bond donors (Lipinski definition) is 2. The summed E-state index contributed by atoms with van der Waals surface area (Å²) >= 11 is 0. The Labute approximate surface area is 118 Å². The van der Waals surface area contributed by atoms with Gasteiger partial charge in [0.1, 0.15) is 11.6 Å². The van der Waals surface area contributed by atoms with Crippen LogP contribution in [0.4, 0.5) is 4.39 Å². The molecule has 2 rings (SSSR count). The van der Waals surface area contributed by atoms with Crippen molar-refractivity contribution in [2.75, 3.05) is 7.11 Å². The van der Waals surface area contributed by atoms with Crippen LogP contribution in [-0.2, 0) is 4.79 Å². The van der Waals surface area contributed by atoms with Crippen LogP contribution in [0.2, 0.25) is 0 Å². The van der Waals surface area contributed by atoms with E-state index in [0.717, 1.165) is 12.8 Å². The minimum atomic E-state index is -0.435. The van der Waals surface area contributed by atoms with Crippen molar-refractivity contribution in [3.63, 3.8) is 0 Å². The minimum Gasteiger partial charge on any atom is -0.496 e. The molecule has 0 aliphatic heterocycles. The highest BCUT2D eigenvalue weighted by atomic mass is 19.1. The van der Waals surface area contributed by atoms with Crippen LogP contribution in [0, 0.1) is 11.7 Å². The largest absolute Gasteiger partial charge is 0.496 e. The molecule has 3 N–H and O–H groups in total. The van der Waals surface area contributed by atoms with E-state index in [1.165, 1.54) is 13.2 Å². The number of rotatable bonds is 4. The van der Waals surface area contributed by atoms with Crippen LogP contribution in [0.25, 0.3) is 0 Å². The summed E-state index contributed by atoms with van der Waals surface area (Å²) in [6, 6.07) is 4.31. The van der Waals surface area contributed by atoms with Crippen molar-refractivity contribution in [2.24, 2.45) is 11.7 Å². The summed E-state index contributed by atoms with van der Waals surface area (Å²) in [6.45, 7) is 1.76. The Morgan fingerprint density at radius 3 is 2.85 bits per heavy atom. The maximum atomic E-state index is 13.9. The average molecular weight is 280 g/mol. The van der Waals surface area contributed by atoms with Gasteiger partial charge in [-0.15, -0.1) is 0 Å². The number of halogens is 1. The van der Waals surface area contributed by atoms with Crippen LogP contribution in [0.5, 0.6) is 5.75 Å². The van der Waals surface area contributed by atoms with Crippen LogP contribution in [0.15, 0.2) is 18.2 Å². The normalized spacial score (nSPS) is 23.4. The van der Waals surface area contributed by atoms with E-state index in [2.05, 4.69) is 5.32 Å². The molecule has 3 unspecified atom stereocenters. The van der Waals surface area contributed by atoms with Crippen molar-refractivity contribution < 1.29 is 13.9 Å². The third-order valence-corrected chi connectivity index (χ3v) is 3.87. The van der Waals surface area contributed by atoms with E-state index in [1.807, 2.05) is 0 Å². The van der Waals surface area contributed by atoms with E-state index in [4.69, 9.17) is 10.5 Å². The van der Waals surface area contributed by atoms with Gasteiger partial charge in [0.2, 0.25) is 5.91 Å². The van der Waals surface area contributed by atoms with Crippen molar-refractivity contribution in [2.45, 2.75) is 38.3 Å². The molecule has 1 saturated carbocycles. The minimum absolute atomic E-state index is 0.0595. The molecule has 1 fully saturated rings. The molecular formula is C15H21FN2O2. The molecule has 110 valence electrons. The number of methoxy groups -OCH3 is 1. The number of nitrogens with two attached hydrogens (primary N) is 1. The summed E-state index contributed by atoms with van der Waals surface area (Å²) in [6.07, 6.45) is 2.37. The number of hydrogen-bond acceptors (Lipinski definition) is 3. The third kappa shape index (κ3) is 3.10.